The van der Waals surface area contributed by atoms with Gasteiger partial charge in [0.15, 0.2) is 5.82 Å². The van der Waals surface area contributed by atoms with Gasteiger partial charge in [-0.2, -0.15) is 0 Å². The van der Waals surface area contributed by atoms with E-state index in [1.165, 1.54) is 35.0 Å². The molecule has 0 aliphatic carbocycles. The summed E-state index contributed by atoms with van der Waals surface area (Å²) in [5.74, 6) is 6.84. The van der Waals surface area contributed by atoms with E-state index < -0.39 is 0 Å². The van der Waals surface area contributed by atoms with E-state index in [0.717, 1.165) is 29.9 Å². The van der Waals surface area contributed by atoms with E-state index in [4.69, 9.17) is 5.84 Å². The number of nitrogens with two attached hydrogens (primary N) is 1. The topological polar surface area (TPSA) is 89.1 Å². The second kappa shape index (κ2) is 8.57. The van der Waals surface area contributed by atoms with Crippen LogP contribution in [0.4, 0.5) is 11.4 Å². The fourth-order valence-electron chi connectivity index (χ4n) is 3.44. The highest BCUT2D eigenvalue weighted by atomic mass is 32.2. The molecule has 1 amide bonds. The van der Waals surface area contributed by atoms with Gasteiger partial charge in [0.05, 0.1) is 5.75 Å². The number of anilines is 2. The standard InChI is InChI=1S/C21H24N6OS/c1-15-6-2-3-7-18(15)20-24-25-21(27(20)22)29-14-19(28)23-16-8-10-17(11-9-16)26-12-4-5-13-26/h2-3,6-11H,4-5,12-14,22H2,1H3,(H,23,28). The lowest BCUT2D eigenvalue weighted by molar-refractivity contribution is -0.113. The molecule has 1 aliphatic heterocycles. The molecular formula is C21H24N6OS. The van der Waals surface area contributed by atoms with Crippen LogP contribution in [-0.4, -0.2) is 39.6 Å². The van der Waals surface area contributed by atoms with Crippen molar-refractivity contribution in [2.45, 2.75) is 24.9 Å². The monoisotopic (exact) mass is 408 g/mol. The van der Waals surface area contributed by atoms with Crippen LogP contribution in [0.1, 0.15) is 18.4 Å². The van der Waals surface area contributed by atoms with Crippen molar-refractivity contribution in [1.82, 2.24) is 14.9 Å². The number of nitrogen functional groups attached to an aromatic ring is 1. The molecule has 29 heavy (non-hydrogen) atoms. The summed E-state index contributed by atoms with van der Waals surface area (Å²) in [6, 6.07) is 15.9. The summed E-state index contributed by atoms with van der Waals surface area (Å²) < 4.78 is 1.44. The molecule has 0 unspecified atom stereocenters. The van der Waals surface area contributed by atoms with Gasteiger partial charge in [0.25, 0.3) is 0 Å². The van der Waals surface area contributed by atoms with Crippen molar-refractivity contribution in [1.29, 1.82) is 0 Å². The summed E-state index contributed by atoms with van der Waals surface area (Å²) in [4.78, 5) is 14.7. The molecule has 3 aromatic rings. The van der Waals surface area contributed by atoms with Crippen LogP contribution in [0.15, 0.2) is 53.7 Å². The molecule has 3 N–H and O–H groups in total. The van der Waals surface area contributed by atoms with Gasteiger partial charge in [-0.15, -0.1) is 10.2 Å². The zero-order valence-electron chi connectivity index (χ0n) is 16.3. The van der Waals surface area contributed by atoms with E-state index in [1.54, 1.807) is 0 Å². The van der Waals surface area contributed by atoms with E-state index >= 15 is 0 Å². The van der Waals surface area contributed by atoms with Gasteiger partial charge in [0.1, 0.15) is 0 Å². The molecule has 0 saturated carbocycles. The number of hydrogen-bond acceptors (Lipinski definition) is 6. The molecule has 0 spiro atoms. The molecule has 1 saturated heterocycles. The smallest absolute Gasteiger partial charge is 0.234 e. The van der Waals surface area contributed by atoms with Gasteiger partial charge < -0.3 is 16.1 Å². The molecule has 4 rings (SSSR count). The van der Waals surface area contributed by atoms with Crippen molar-refractivity contribution in [2.75, 3.05) is 34.9 Å². The van der Waals surface area contributed by atoms with Crippen LogP contribution in [0.2, 0.25) is 0 Å². The lowest BCUT2D eigenvalue weighted by Crippen LogP contribution is -2.18. The Morgan fingerprint density at radius 1 is 1.10 bits per heavy atom. The van der Waals surface area contributed by atoms with Gasteiger partial charge in [-0.05, 0) is 49.6 Å². The van der Waals surface area contributed by atoms with E-state index in [-0.39, 0.29) is 11.7 Å². The normalized spacial score (nSPS) is 13.6. The Balaban J connectivity index is 1.35. The SMILES string of the molecule is Cc1ccccc1-c1nnc(SCC(=O)Nc2ccc(N3CCCC3)cc2)n1N. The molecule has 0 bridgehead atoms. The minimum Gasteiger partial charge on any atom is -0.372 e. The van der Waals surface area contributed by atoms with E-state index in [0.29, 0.717) is 11.0 Å². The molecule has 0 atom stereocenters. The largest absolute Gasteiger partial charge is 0.372 e. The number of amides is 1. The molecule has 0 radical (unpaired) electrons. The van der Waals surface area contributed by atoms with Crippen LogP contribution >= 0.6 is 11.8 Å². The van der Waals surface area contributed by atoms with E-state index in [9.17, 15) is 4.79 Å². The van der Waals surface area contributed by atoms with Gasteiger partial charge in [0.2, 0.25) is 11.1 Å². The molecular weight excluding hydrogens is 384 g/mol. The first-order valence-electron chi connectivity index (χ1n) is 9.66. The van der Waals surface area contributed by atoms with Crippen LogP contribution in [0.3, 0.4) is 0 Å². The lowest BCUT2D eigenvalue weighted by Gasteiger charge is -2.17. The van der Waals surface area contributed by atoms with Gasteiger partial charge in [0, 0.05) is 30.0 Å². The Bertz CT molecular complexity index is 995. The average Bonchev–Trinajstić information content (AvgIpc) is 3.38. The molecule has 2 heterocycles. The molecule has 8 heteroatoms. The fraction of sp³-hybridized carbons (Fsp3) is 0.286. The van der Waals surface area contributed by atoms with Gasteiger partial charge in [-0.1, -0.05) is 36.0 Å². The van der Waals surface area contributed by atoms with Crippen molar-refractivity contribution < 1.29 is 4.79 Å². The van der Waals surface area contributed by atoms with Crippen molar-refractivity contribution in [3.63, 3.8) is 0 Å². The first-order chi connectivity index (χ1) is 14.1. The maximum atomic E-state index is 12.3. The van der Waals surface area contributed by atoms with E-state index in [1.807, 2.05) is 43.3 Å². The molecule has 2 aromatic carbocycles. The number of thioether (sulfide) groups is 1. The zero-order chi connectivity index (χ0) is 20.2. The summed E-state index contributed by atoms with van der Waals surface area (Å²) in [6.45, 7) is 4.21. The number of aromatic nitrogens is 3. The van der Waals surface area contributed by atoms with Crippen LogP contribution < -0.4 is 16.1 Å². The quantitative estimate of drug-likeness (QED) is 0.481. The number of hydrogen-bond donors (Lipinski definition) is 2. The highest BCUT2D eigenvalue weighted by molar-refractivity contribution is 7.99. The molecule has 1 fully saturated rings. The summed E-state index contributed by atoms with van der Waals surface area (Å²) >= 11 is 1.26. The number of nitrogens with one attached hydrogen (secondary N) is 1. The number of rotatable bonds is 6. The van der Waals surface area contributed by atoms with Crippen LogP contribution in [0, 0.1) is 6.92 Å². The Hall–Kier alpha value is -3.00. The number of benzene rings is 2. The number of carbonyl (C=O) groups excluding carboxylic acids is 1. The summed E-state index contributed by atoms with van der Waals surface area (Å²) in [7, 11) is 0. The van der Waals surface area contributed by atoms with E-state index in [2.05, 4.69) is 32.5 Å². The lowest BCUT2D eigenvalue weighted by atomic mass is 10.1. The fourth-order valence-corrected chi connectivity index (χ4v) is 4.10. The minimum absolute atomic E-state index is 0.107. The number of carbonyl (C=O) groups is 1. The summed E-state index contributed by atoms with van der Waals surface area (Å²) in [5.41, 5.74) is 3.98. The molecule has 1 aliphatic rings. The second-order valence-corrected chi connectivity index (χ2v) is 8.01. The minimum atomic E-state index is -0.107. The first-order valence-corrected chi connectivity index (χ1v) is 10.6. The second-order valence-electron chi connectivity index (χ2n) is 7.07. The van der Waals surface area contributed by atoms with Gasteiger partial charge in [-0.3, -0.25) is 4.79 Å². The Morgan fingerprint density at radius 3 is 2.55 bits per heavy atom. The maximum absolute atomic E-state index is 12.3. The number of nitrogens with zero attached hydrogens (tertiary/aromatic N) is 4. The van der Waals surface area contributed by atoms with Gasteiger partial charge >= 0.3 is 0 Å². The summed E-state index contributed by atoms with van der Waals surface area (Å²) in [6.07, 6.45) is 2.49. The van der Waals surface area contributed by atoms with Crippen LogP contribution in [0.25, 0.3) is 11.4 Å². The zero-order valence-corrected chi connectivity index (χ0v) is 17.2. The predicted molar refractivity (Wildman–Crippen MR) is 118 cm³/mol. The van der Waals surface area contributed by atoms with Crippen molar-refractivity contribution in [3.05, 3.63) is 54.1 Å². The van der Waals surface area contributed by atoms with Gasteiger partial charge in [-0.25, -0.2) is 4.68 Å². The third kappa shape index (κ3) is 4.37. The highest BCUT2D eigenvalue weighted by Crippen LogP contribution is 2.25. The highest BCUT2D eigenvalue weighted by Gasteiger charge is 2.15. The molecule has 1 aromatic heterocycles. The molecule has 7 nitrogen and oxygen atoms in total. The predicted octanol–water partition coefficient (Wildman–Crippen LogP) is 3.30. The van der Waals surface area contributed by atoms with Crippen LogP contribution in [0.5, 0.6) is 0 Å². The Morgan fingerprint density at radius 2 is 1.83 bits per heavy atom. The average molecular weight is 409 g/mol. The van der Waals surface area contributed by atoms with Crippen molar-refractivity contribution in [2.24, 2.45) is 0 Å². The third-order valence-corrected chi connectivity index (χ3v) is 5.95. The Kier molecular flexibility index (Phi) is 5.71. The Labute approximate surface area is 174 Å². The summed E-state index contributed by atoms with van der Waals surface area (Å²) in [5, 5.41) is 11.7. The first kappa shape index (κ1) is 19.3. The number of aryl methyl sites for hydroxylation is 1. The molecule has 150 valence electrons. The van der Waals surface area contributed by atoms with Crippen molar-refractivity contribution >= 4 is 29.0 Å². The maximum Gasteiger partial charge on any atom is 0.234 e. The van der Waals surface area contributed by atoms with Crippen LogP contribution in [-0.2, 0) is 4.79 Å². The third-order valence-electron chi connectivity index (χ3n) is 5.01. The van der Waals surface area contributed by atoms with Crippen molar-refractivity contribution in [3.8, 4) is 11.4 Å².